The first-order valence-corrected chi connectivity index (χ1v) is 7.08. The van der Waals surface area contributed by atoms with Gasteiger partial charge in [-0.15, -0.1) is 0 Å². The summed E-state index contributed by atoms with van der Waals surface area (Å²) in [7, 11) is 0. The highest BCUT2D eigenvalue weighted by molar-refractivity contribution is 7.98. The molecule has 6 heteroatoms. The van der Waals surface area contributed by atoms with Crippen molar-refractivity contribution < 1.29 is 19.1 Å². The topological polar surface area (TPSA) is 79.5 Å². The molecule has 0 saturated carbocycles. The molecule has 0 bridgehead atoms. The average molecular weight is 271 g/mol. The number of hydrogen-bond acceptors (Lipinski definition) is 4. The fraction of sp³-hybridized carbons (Fsp3) is 0.500. The van der Waals surface area contributed by atoms with Crippen LogP contribution in [0.25, 0.3) is 0 Å². The Morgan fingerprint density at radius 2 is 2.28 bits per heavy atom. The lowest BCUT2D eigenvalue weighted by molar-refractivity contribution is -0.139. The predicted octanol–water partition coefficient (Wildman–Crippen LogP) is 1.78. The van der Waals surface area contributed by atoms with E-state index in [0.717, 1.165) is 0 Å². The second-order valence-corrected chi connectivity index (χ2v) is 4.74. The molecule has 0 aromatic carbocycles. The third kappa shape index (κ3) is 3.80. The molecule has 1 atom stereocenters. The molecule has 1 aromatic heterocycles. The smallest absolute Gasteiger partial charge is 0.326 e. The van der Waals surface area contributed by atoms with Gasteiger partial charge in [-0.25, -0.2) is 4.79 Å². The van der Waals surface area contributed by atoms with Crippen LogP contribution in [0.15, 0.2) is 16.7 Å². The molecule has 0 unspecified atom stereocenters. The van der Waals surface area contributed by atoms with Crippen molar-refractivity contribution in [2.24, 2.45) is 0 Å². The van der Waals surface area contributed by atoms with Gasteiger partial charge in [0.25, 0.3) is 5.91 Å². The van der Waals surface area contributed by atoms with Crippen LogP contribution in [-0.4, -0.2) is 35.0 Å². The van der Waals surface area contributed by atoms with Gasteiger partial charge in [0.15, 0.2) is 0 Å². The SMILES string of the molecule is CCc1occc1C(=O)N[C@H](CCSC)C(=O)O. The normalized spacial score (nSPS) is 12.1. The number of carbonyl (C=O) groups excluding carboxylic acids is 1. The summed E-state index contributed by atoms with van der Waals surface area (Å²) >= 11 is 1.55. The molecular formula is C12H17NO4S. The molecule has 100 valence electrons. The van der Waals surface area contributed by atoms with Gasteiger partial charge < -0.3 is 14.8 Å². The van der Waals surface area contributed by atoms with Crippen molar-refractivity contribution in [2.75, 3.05) is 12.0 Å². The van der Waals surface area contributed by atoms with Crippen LogP contribution in [-0.2, 0) is 11.2 Å². The summed E-state index contributed by atoms with van der Waals surface area (Å²) in [5.41, 5.74) is 0.410. The molecule has 0 radical (unpaired) electrons. The summed E-state index contributed by atoms with van der Waals surface area (Å²) in [6.45, 7) is 1.87. The van der Waals surface area contributed by atoms with E-state index in [9.17, 15) is 9.59 Å². The third-order valence-corrected chi connectivity index (χ3v) is 3.17. The molecule has 0 spiro atoms. The van der Waals surface area contributed by atoms with Gasteiger partial charge in [-0.1, -0.05) is 6.92 Å². The summed E-state index contributed by atoms with van der Waals surface area (Å²) in [6.07, 6.45) is 4.33. The maximum Gasteiger partial charge on any atom is 0.326 e. The Kier molecular flexibility index (Phi) is 5.77. The van der Waals surface area contributed by atoms with E-state index in [1.807, 2.05) is 13.2 Å². The van der Waals surface area contributed by atoms with E-state index in [1.165, 1.54) is 6.26 Å². The number of aryl methyl sites for hydroxylation is 1. The van der Waals surface area contributed by atoms with Gasteiger partial charge in [-0.05, 0) is 24.5 Å². The fourth-order valence-electron chi connectivity index (χ4n) is 1.55. The Morgan fingerprint density at radius 1 is 1.56 bits per heavy atom. The Balaban J connectivity index is 2.69. The standard InChI is InChI=1S/C12H17NO4S/c1-3-10-8(4-6-17-10)11(14)13-9(12(15)16)5-7-18-2/h4,6,9H,3,5,7H2,1-2H3,(H,13,14)(H,15,16)/t9-/m1/s1. The quantitative estimate of drug-likeness (QED) is 0.790. The number of amides is 1. The fourth-order valence-corrected chi connectivity index (χ4v) is 2.02. The second kappa shape index (κ2) is 7.10. The Morgan fingerprint density at radius 3 is 2.83 bits per heavy atom. The van der Waals surface area contributed by atoms with Gasteiger partial charge in [0.05, 0.1) is 11.8 Å². The highest BCUT2D eigenvalue weighted by atomic mass is 32.2. The maximum absolute atomic E-state index is 11.9. The molecular weight excluding hydrogens is 254 g/mol. The van der Waals surface area contributed by atoms with Crippen molar-refractivity contribution in [3.05, 3.63) is 23.7 Å². The molecule has 1 heterocycles. The van der Waals surface area contributed by atoms with Crippen LogP contribution in [0.5, 0.6) is 0 Å². The number of aliphatic carboxylic acids is 1. The zero-order valence-electron chi connectivity index (χ0n) is 10.4. The van der Waals surface area contributed by atoms with Gasteiger partial charge in [-0.2, -0.15) is 11.8 Å². The molecule has 5 nitrogen and oxygen atoms in total. The van der Waals surface area contributed by atoms with Gasteiger partial charge in [0.2, 0.25) is 0 Å². The lowest BCUT2D eigenvalue weighted by atomic mass is 10.1. The van der Waals surface area contributed by atoms with Crippen molar-refractivity contribution in [3.8, 4) is 0 Å². The first-order valence-electron chi connectivity index (χ1n) is 5.69. The third-order valence-electron chi connectivity index (χ3n) is 2.53. The summed E-state index contributed by atoms with van der Waals surface area (Å²) in [4.78, 5) is 22.9. The van der Waals surface area contributed by atoms with Gasteiger partial charge in [0, 0.05) is 6.42 Å². The number of carboxylic acid groups (broad SMARTS) is 1. The van der Waals surface area contributed by atoms with Crippen LogP contribution >= 0.6 is 11.8 Å². The second-order valence-electron chi connectivity index (χ2n) is 3.76. The zero-order valence-corrected chi connectivity index (χ0v) is 11.3. The van der Waals surface area contributed by atoms with Crippen molar-refractivity contribution in [1.82, 2.24) is 5.32 Å². The minimum atomic E-state index is -1.01. The summed E-state index contributed by atoms with van der Waals surface area (Å²) in [6, 6.07) is 0.700. The summed E-state index contributed by atoms with van der Waals surface area (Å²) in [5.74, 6) is -0.155. The van der Waals surface area contributed by atoms with E-state index >= 15 is 0 Å². The van der Waals surface area contributed by atoms with Gasteiger partial charge in [-0.3, -0.25) is 4.79 Å². The maximum atomic E-state index is 11.9. The molecule has 0 aliphatic heterocycles. The zero-order chi connectivity index (χ0) is 13.5. The minimum absolute atomic E-state index is 0.394. The Bertz CT molecular complexity index is 416. The number of nitrogens with one attached hydrogen (secondary N) is 1. The van der Waals surface area contributed by atoms with Crippen molar-refractivity contribution in [1.29, 1.82) is 0 Å². The Labute approximate surface area is 110 Å². The number of rotatable bonds is 7. The number of carbonyl (C=O) groups is 2. The summed E-state index contributed by atoms with van der Waals surface area (Å²) < 4.78 is 5.15. The van der Waals surface area contributed by atoms with Crippen molar-refractivity contribution in [2.45, 2.75) is 25.8 Å². The molecule has 0 saturated heterocycles. The van der Waals surface area contributed by atoms with Crippen LogP contribution in [0.3, 0.4) is 0 Å². The van der Waals surface area contributed by atoms with E-state index < -0.39 is 17.9 Å². The molecule has 1 amide bonds. The first-order chi connectivity index (χ1) is 8.60. The van der Waals surface area contributed by atoms with Crippen LogP contribution in [0, 0.1) is 0 Å². The first kappa shape index (κ1) is 14.6. The molecule has 1 rings (SSSR count). The predicted molar refractivity (Wildman–Crippen MR) is 70.0 cm³/mol. The molecule has 1 aromatic rings. The lowest BCUT2D eigenvalue weighted by Gasteiger charge is -2.13. The van der Waals surface area contributed by atoms with Gasteiger partial charge in [0.1, 0.15) is 11.8 Å². The van der Waals surface area contributed by atoms with Crippen LogP contribution in [0.1, 0.15) is 29.5 Å². The van der Waals surface area contributed by atoms with Crippen molar-refractivity contribution in [3.63, 3.8) is 0 Å². The largest absolute Gasteiger partial charge is 0.480 e. The number of thioether (sulfide) groups is 1. The van der Waals surface area contributed by atoms with Crippen LogP contribution in [0.2, 0.25) is 0 Å². The molecule has 2 N–H and O–H groups in total. The van der Waals surface area contributed by atoms with Gasteiger partial charge >= 0.3 is 5.97 Å². The minimum Gasteiger partial charge on any atom is -0.480 e. The lowest BCUT2D eigenvalue weighted by Crippen LogP contribution is -2.41. The molecule has 0 aliphatic rings. The van der Waals surface area contributed by atoms with E-state index in [0.29, 0.717) is 29.9 Å². The Hall–Kier alpha value is -1.43. The van der Waals surface area contributed by atoms with Crippen LogP contribution < -0.4 is 5.32 Å². The van der Waals surface area contributed by atoms with E-state index in [4.69, 9.17) is 9.52 Å². The van der Waals surface area contributed by atoms with Crippen molar-refractivity contribution >= 4 is 23.6 Å². The number of furan rings is 1. The van der Waals surface area contributed by atoms with E-state index in [-0.39, 0.29) is 0 Å². The van der Waals surface area contributed by atoms with Crippen LogP contribution in [0.4, 0.5) is 0 Å². The van der Waals surface area contributed by atoms with E-state index in [1.54, 1.807) is 17.8 Å². The highest BCUT2D eigenvalue weighted by Gasteiger charge is 2.22. The number of hydrogen-bond donors (Lipinski definition) is 2. The monoisotopic (exact) mass is 271 g/mol. The highest BCUT2D eigenvalue weighted by Crippen LogP contribution is 2.12. The number of carboxylic acids is 1. The molecule has 0 fully saturated rings. The molecule has 18 heavy (non-hydrogen) atoms. The molecule has 0 aliphatic carbocycles. The van der Waals surface area contributed by atoms with E-state index in [2.05, 4.69) is 5.32 Å². The average Bonchev–Trinajstić information content (AvgIpc) is 2.82. The summed E-state index contributed by atoms with van der Waals surface area (Å²) in [5, 5.41) is 11.5.